The molecule has 1 aromatic rings. The van der Waals surface area contributed by atoms with Crippen LogP contribution in [0.5, 0.6) is 5.75 Å². The van der Waals surface area contributed by atoms with Gasteiger partial charge in [0, 0.05) is 0 Å². The summed E-state index contributed by atoms with van der Waals surface area (Å²) in [6.45, 7) is 5.26. The molecule has 0 radical (unpaired) electrons. The van der Waals surface area contributed by atoms with Crippen LogP contribution in [-0.2, 0) is 0 Å². The summed E-state index contributed by atoms with van der Waals surface area (Å²) >= 11 is 0. The third kappa shape index (κ3) is 1.69. The summed E-state index contributed by atoms with van der Waals surface area (Å²) in [5.41, 5.74) is 1.07. The van der Waals surface area contributed by atoms with Gasteiger partial charge in [0.25, 0.3) is 0 Å². The highest BCUT2D eigenvalue weighted by atomic mass is 16.5. The third-order valence-corrected chi connectivity index (χ3v) is 2.68. The number of hydrogen-bond acceptors (Lipinski definition) is 2. The largest absolute Gasteiger partial charge is 0.484 e. The van der Waals surface area contributed by atoms with E-state index < -0.39 is 0 Å². The second-order valence-electron chi connectivity index (χ2n) is 4.15. The molecular weight excluding hydrogens is 174 g/mol. The molecule has 14 heavy (non-hydrogen) atoms. The van der Waals surface area contributed by atoms with Crippen LogP contribution in [0.1, 0.15) is 26.7 Å². The molecule has 0 spiro atoms. The molecule has 2 rings (SSSR count). The number of ether oxygens (including phenoxy) is 1. The van der Waals surface area contributed by atoms with Gasteiger partial charge in [-0.15, -0.1) is 0 Å². The topological polar surface area (TPSA) is 21.3 Å². The minimum Gasteiger partial charge on any atom is -0.484 e. The number of anilines is 1. The minimum atomic E-state index is -0.0386. The van der Waals surface area contributed by atoms with Gasteiger partial charge in [0.15, 0.2) is 0 Å². The lowest BCUT2D eigenvalue weighted by molar-refractivity contribution is 0.0849. The van der Waals surface area contributed by atoms with Crippen molar-refractivity contribution >= 4 is 5.69 Å². The second kappa shape index (κ2) is 3.52. The van der Waals surface area contributed by atoms with Gasteiger partial charge < -0.3 is 10.1 Å². The molecule has 1 aliphatic heterocycles. The Bertz CT molecular complexity index is 324. The van der Waals surface area contributed by atoms with Crippen LogP contribution < -0.4 is 10.1 Å². The van der Waals surface area contributed by atoms with Crippen molar-refractivity contribution in [3.63, 3.8) is 0 Å². The molecule has 0 fully saturated rings. The molecule has 0 saturated heterocycles. The van der Waals surface area contributed by atoms with Crippen LogP contribution >= 0.6 is 0 Å². The van der Waals surface area contributed by atoms with Crippen molar-refractivity contribution in [3.8, 4) is 5.75 Å². The van der Waals surface area contributed by atoms with Crippen LogP contribution in [-0.4, -0.2) is 12.1 Å². The summed E-state index contributed by atoms with van der Waals surface area (Å²) < 4.78 is 6.00. The maximum Gasteiger partial charge on any atom is 0.143 e. The van der Waals surface area contributed by atoms with E-state index in [0.29, 0.717) is 0 Å². The smallest absolute Gasteiger partial charge is 0.143 e. The first-order chi connectivity index (χ1) is 6.73. The van der Waals surface area contributed by atoms with E-state index in [2.05, 4.69) is 25.2 Å². The van der Waals surface area contributed by atoms with Gasteiger partial charge in [0.2, 0.25) is 0 Å². The zero-order valence-electron chi connectivity index (χ0n) is 8.84. The summed E-state index contributed by atoms with van der Waals surface area (Å²) in [5, 5.41) is 3.41. The normalized spacial score (nSPS) is 24.7. The van der Waals surface area contributed by atoms with E-state index in [1.165, 1.54) is 0 Å². The Balaban J connectivity index is 2.20. The molecular formula is C12H17NO. The van der Waals surface area contributed by atoms with E-state index in [9.17, 15) is 0 Å². The average molecular weight is 191 g/mol. The van der Waals surface area contributed by atoms with Crippen LogP contribution in [0.2, 0.25) is 0 Å². The predicted octanol–water partition coefficient (Wildman–Crippen LogP) is 3.05. The SMILES string of the molecule is CCCC1(C)CNc2ccccc2O1. The van der Waals surface area contributed by atoms with Crippen molar-refractivity contribution in [1.82, 2.24) is 0 Å². The highest BCUT2D eigenvalue weighted by Crippen LogP contribution is 2.34. The fraction of sp³-hybridized carbons (Fsp3) is 0.500. The Morgan fingerprint density at radius 3 is 3.00 bits per heavy atom. The van der Waals surface area contributed by atoms with Gasteiger partial charge in [-0.3, -0.25) is 0 Å². The fourth-order valence-corrected chi connectivity index (χ4v) is 1.95. The second-order valence-corrected chi connectivity index (χ2v) is 4.15. The van der Waals surface area contributed by atoms with E-state index in [-0.39, 0.29) is 5.60 Å². The molecule has 0 amide bonds. The van der Waals surface area contributed by atoms with E-state index >= 15 is 0 Å². The van der Waals surface area contributed by atoms with Crippen LogP contribution in [0.25, 0.3) is 0 Å². The lowest BCUT2D eigenvalue weighted by Crippen LogP contribution is -2.42. The molecule has 76 valence electrons. The zero-order chi connectivity index (χ0) is 10.0. The first-order valence-electron chi connectivity index (χ1n) is 5.25. The summed E-state index contributed by atoms with van der Waals surface area (Å²) in [6, 6.07) is 8.12. The molecule has 1 unspecified atom stereocenters. The molecule has 1 atom stereocenters. The predicted molar refractivity (Wildman–Crippen MR) is 58.9 cm³/mol. The van der Waals surface area contributed by atoms with Crippen molar-refractivity contribution in [2.75, 3.05) is 11.9 Å². The lowest BCUT2D eigenvalue weighted by atomic mass is 9.98. The third-order valence-electron chi connectivity index (χ3n) is 2.68. The maximum absolute atomic E-state index is 6.00. The molecule has 2 heteroatoms. The van der Waals surface area contributed by atoms with Crippen LogP contribution in [0.4, 0.5) is 5.69 Å². The van der Waals surface area contributed by atoms with Gasteiger partial charge in [-0.1, -0.05) is 25.5 Å². The Morgan fingerprint density at radius 2 is 2.21 bits per heavy atom. The van der Waals surface area contributed by atoms with Gasteiger partial charge in [0.1, 0.15) is 11.4 Å². The van der Waals surface area contributed by atoms with Gasteiger partial charge in [-0.2, -0.15) is 0 Å². The van der Waals surface area contributed by atoms with Crippen molar-refractivity contribution in [3.05, 3.63) is 24.3 Å². The van der Waals surface area contributed by atoms with E-state index in [1.807, 2.05) is 18.2 Å². The average Bonchev–Trinajstić information content (AvgIpc) is 2.17. The number of fused-ring (bicyclic) bond motifs is 1. The van der Waals surface area contributed by atoms with Crippen LogP contribution in [0.3, 0.4) is 0 Å². The summed E-state index contributed by atoms with van der Waals surface area (Å²) in [6.07, 6.45) is 2.24. The van der Waals surface area contributed by atoms with Gasteiger partial charge >= 0.3 is 0 Å². The molecule has 1 N–H and O–H groups in total. The number of nitrogens with one attached hydrogen (secondary N) is 1. The molecule has 1 aromatic carbocycles. The van der Waals surface area contributed by atoms with Crippen molar-refractivity contribution < 1.29 is 4.74 Å². The highest BCUT2D eigenvalue weighted by molar-refractivity contribution is 5.58. The highest BCUT2D eigenvalue weighted by Gasteiger charge is 2.29. The fourth-order valence-electron chi connectivity index (χ4n) is 1.95. The standard InChI is InChI=1S/C12H17NO/c1-3-8-12(2)9-13-10-6-4-5-7-11(10)14-12/h4-7,13H,3,8-9H2,1-2H3. The minimum absolute atomic E-state index is 0.0386. The summed E-state index contributed by atoms with van der Waals surface area (Å²) in [5.74, 6) is 0.981. The molecule has 1 heterocycles. The van der Waals surface area contributed by atoms with E-state index in [0.717, 1.165) is 30.8 Å². The quantitative estimate of drug-likeness (QED) is 0.775. The summed E-state index contributed by atoms with van der Waals surface area (Å²) in [4.78, 5) is 0. The Kier molecular flexibility index (Phi) is 2.36. The molecule has 2 nitrogen and oxygen atoms in total. The Hall–Kier alpha value is -1.18. The zero-order valence-corrected chi connectivity index (χ0v) is 8.84. The molecule has 0 bridgehead atoms. The molecule has 0 aromatic heterocycles. The number of benzene rings is 1. The Morgan fingerprint density at radius 1 is 1.43 bits per heavy atom. The van der Waals surface area contributed by atoms with Crippen molar-refractivity contribution in [1.29, 1.82) is 0 Å². The van der Waals surface area contributed by atoms with Gasteiger partial charge in [-0.05, 0) is 25.5 Å². The van der Waals surface area contributed by atoms with E-state index in [1.54, 1.807) is 0 Å². The Labute approximate surface area is 85.3 Å². The van der Waals surface area contributed by atoms with Crippen molar-refractivity contribution in [2.24, 2.45) is 0 Å². The first kappa shape index (κ1) is 9.38. The monoisotopic (exact) mass is 191 g/mol. The molecule has 0 saturated carbocycles. The number of hydrogen-bond donors (Lipinski definition) is 1. The maximum atomic E-state index is 6.00. The molecule has 1 aliphatic rings. The van der Waals surface area contributed by atoms with Crippen LogP contribution in [0, 0.1) is 0 Å². The van der Waals surface area contributed by atoms with E-state index in [4.69, 9.17) is 4.74 Å². The number of rotatable bonds is 2. The van der Waals surface area contributed by atoms with Gasteiger partial charge in [-0.25, -0.2) is 0 Å². The van der Waals surface area contributed by atoms with Crippen LogP contribution in [0.15, 0.2) is 24.3 Å². The van der Waals surface area contributed by atoms with Crippen molar-refractivity contribution in [2.45, 2.75) is 32.3 Å². The van der Waals surface area contributed by atoms with Gasteiger partial charge in [0.05, 0.1) is 12.2 Å². The summed E-state index contributed by atoms with van der Waals surface area (Å²) in [7, 11) is 0. The molecule has 0 aliphatic carbocycles. The number of para-hydroxylation sites is 2. The first-order valence-corrected chi connectivity index (χ1v) is 5.25. The lowest BCUT2D eigenvalue weighted by Gasteiger charge is -2.36.